The summed E-state index contributed by atoms with van der Waals surface area (Å²) >= 11 is 0. The van der Waals surface area contributed by atoms with Crippen molar-refractivity contribution < 1.29 is 27.1 Å². The van der Waals surface area contributed by atoms with Crippen molar-refractivity contribution in [2.75, 3.05) is 5.32 Å². The number of oxazole rings is 1. The van der Waals surface area contributed by atoms with Gasteiger partial charge in [-0.15, -0.1) is 0 Å². The van der Waals surface area contributed by atoms with E-state index in [0.717, 1.165) is 35.4 Å². The van der Waals surface area contributed by atoms with Crippen LogP contribution in [0.25, 0.3) is 11.3 Å². The normalized spacial score (nSPS) is 16.6. The van der Waals surface area contributed by atoms with Crippen LogP contribution in [-0.4, -0.2) is 16.2 Å². The first-order valence-corrected chi connectivity index (χ1v) is 9.13. The molecule has 2 N–H and O–H groups in total. The van der Waals surface area contributed by atoms with Gasteiger partial charge in [-0.3, -0.25) is 0 Å². The second-order valence-electron chi connectivity index (χ2n) is 7.09. The van der Waals surface area contributed by atoms with Gasteiger partial charge in [0.15, 0.2) is 5.76 Å². The molecule has 0 saturated heterocycles. The van der Waals surface area contributed by atoms with E-state index in [0.29, 0.717) is 24.6 Å². The SMILES string of the molecule is Cc1nc(Nc2cccc3c2C[C@@H](O)CC3)oc1-c1ccc(C(F)(F)F)cc1F. The summed E-state index contributed by atoms with van der Waals surface area (Å²) < 4.78 is 58.2. The topological polar surface area (TPSA) is 58.3 Å². The lowest BCUT2D eigenvalue weighted by Crippen LogP contribution is -2.19. The Labute approximate surface area is 164 Å². The fourth-order valence-corrected chi connectivity index (χ4v) is 3.58. The van der Waals surface area contributed by atoms with Crippen LogP contribution in [0.5, 0.6) is 0 Å². The van der Waals surface area contributed by atoms with E-state index in [1.165, 1.54) is 0 Å². The van der Waals surface area contributed by atoms with Crippen molar-refractivity contribution in [1.29, 1.82) is 0 Å². The quantitative estimate of drug-likeness (QED) is 0.572. The van der Waals surface area contributed by atoms with Crippen LogP contribution in [0.1, 0.15) is 28.8 Å². The van der Waals surface area contributed by atoms with Crippen molar-refractivity contribution in [3.8, 4) is 11.3 Å². The summed E-state index contributed by atoms with van der Waals surface area (Å²) in [6.45, 7) is 1.59. The van der Waals surface area contributed by atoms with Gasteiger partial charge >= 0.3 is 6.18 Å². The molecule has 1 aliphatic rings. The lowest BCUT2D eigenvalue weighted by Gasteiger charge is -2.23. The molecule has 0 aliphatic heterocycles. The van der Waals surface area contributed by atoms with E-state index in [1.807, 2.05) is 18.2 Å². The van der Waals surface area contributed by atoms with Gasteiger partial charge in [0.2, 0.25) is 0 Å². The zero-order valence-electron chi connectivity index (χ0n) is 15.5. The van der Waals surface area contributed by atoms with Crippen LogP contribution in [0.2, 0.25) is 0 Å². The van der Waals surface area contributed by atoms with E-state index in [-0.39, 0.29) is 17.3 Å². The first kappa shape index (κ1) is 19.4. The number of hydrogen-bond donors (Lipinski definition) is 2. The summed E-state index contributed by atoms with van der Waals surface area (Å²) in [7, 11) is 0. The molecule has 0 saturated carbocycles. The fraction of sp³-hybridized carbons (Fsp3) is 0.286. The average molecular weight is 406 g/mol. The number of aryl methyl sites for hydroxylation is 2. The van der Waals surface area contributed by atoms with Crippen LogP contribution >= 0.6 is 0 Å². The number of rotatable bonds is 3. The molecule has 0 unspecified atom stereocenters. The molecule has 8 heteroatoms. The first-order valence-electron chi connectivity index (χ1n) is 9.13. The number of benzene rings is 2. The van der Waals surface area contributed by atoms with E-state index in [1.54, 1.807) is 6.92 Å². The number of nitrogens with one attached hydrogen (secondary N) is 1. The molecule has 3 aromatic rings. The molecule has 29 heavy (non-hydrogen) atoms. The lowest BCUT2D eigenvalue weighted by atomic mass is 9.88. The van der Waals surface area contributed by atoms with Crippen molar-refractivity contribution in [1.82, 2.24) is 4.98 Å². The highest BCUT2D eigenvalue weighted by atomic mass is 19.4. The van der Waals surface area contributed by atoms with Crippen molar-refractivity contribution in [3.05, 3.63) is 64.6 Å². The third kappa shape index (κ3) is 3.85. The Hall–Kier alpha value is -2.87. The number of fused-ring (bicyclic) bond motifs is 1. The third-order valence-electron chi connectivity index (χ3n) is 5.04. The molecule has 1 aromatic heterocycles. The highest BCUT2D eigenvalue weighted by molar-refractivity contribution is 5.66. The minimum Gasteiger partial charge on any atom is -0.423 e. The molecule has 0 spiro atoms. The summed E-state index contributed by atoms with van der Waals surface area (Å²) in [6.07, 6.45) is -3.09. The number of nitrogens with zero attached hydrogens (tertiary/aromatic N) is 1. The second-order valence-corrected chi connectivity index (χ2v) is 7.09. The van der Waals surface area contributed by atoms with Crippen LogP contribution in [0.4, 0.5) is 29.3 Å². The van der Waals surface area contributed by atoms with Gasteiger partial charge in [0.1, 0.15) is 5.82 Å². The number of anilines is 2. The highest BCUT2D eigenvalue weighted by Crippen LogP contribution is 2.36. The molecule has 0 radical (unpaired) electrons. The smallest absolute Gasteiger partial charge is 0.416 e. The summed E-state index contributed by atoms with van der Waals surface area (Å²) in [5, 5.41) is 13.0. The van der Waals surface area contributed by atoms with Crippen LogP contribution in [-0.2, 0) is 19.0 Å². The predicted molar refractivity (Wildman–Crippen MR) is 99.4 cm³/mol. The van der Waals surface area contributed by atoms with Crippen LogP contribution < -0.4 is 5.32 Å². The minimum absolute atomic E-state index is 0.0588. The van der Waals surface area contributed by atoms with Gasteiger partial charge in [0, 0.05) is 12.1 Å². The number of aromatic nitrogens is 1. The van der Waals surface area contributed by atoms with Crippen molar-refractivity contribution in [3.63, 3.8) is 0 Å². The molecule has 4 rings (SSSR count). The Morgan fingerprint density at radius 3 is 2.72 bits per heavy atom. The van der Waals surface area contributed by atoms with Crippen LogP contribution in [0.15, 0.2) is 40.8 Å². The number of hydrogen-bond acceptors (Lipinski definition) is 4. The van der Waals surface area contributed by atoms with E-state index < -0.39 is 23.7 Å². The molecule has 0 amide bonds. The maximum atomic E-state index is 14.3. The summed E-state index contributed by atoms with van der Waals surface area (Å²) in [6, 6.07) is 8.10. The molecular weight excluding hydrogens is 388 g/mol. The Kier molecular flexibility index (Phi) is 4.82. The van der Waals surface area contributed by atoms with Crippen molar-refractivity contribution in [2.24, 2.45) is 0 Å². The van der Waals surface area contributed by atoms with E-state index in [9.17, 15) is 22.7 Å². The predicted octanol–water partition coefficient (Wildman–Crippen LogP) is 5.40. The van der Waals surface area contributed by atoms with E-state index in [4.69, 9.17) is 4.42 Å². The second kappa shape index (κ2) is 7.18. The van der Waals surface area contributed by atoms with Crippen LogP contribution in [0, 0.1) is 12.7 Å². The van der Waals surface area contributed by atoms with Gasteiger partial charge < -0.3 is 14.8 Å². The van der Waals surface area contributed by atoms with Crippen molar-refractivity contribution >= 4 is 11.7 Å². The number of aliphatic hydroxyl groups is 1. The molecule has 1 heterocycles. The largest absolute Gasteiger partial charge is 0.423 e. The standard InChI is InChI=1S/C21H18F4N2O2/c1-11-19(15-8-6-13(9-17(15)22)21(23,24)25)29-20(26-11)27-18-4-2-3-12-5-7-14(28)10-16(12)18/h2-4,6,8-9,14,28H,5,7,10H2,1H3,(H,26,27)/t14-/m0/s1. The molecule has 1 aliphatic carbocycles. The summed E-state index contributed by atoms with van der Waals surface area (Å²) in [5.74, 6) is -0.977. The minimum atomic E-state index is -4.63. The maximum Gasteiger partial charge on any atom is 0.416 e. The Morgan fingerprint density at radius 1 is 1.21 bits per heavy atom. The highest BCUT2D eigenvalue weighted by Gasteiger charge is 2.31. The number of alkyl halides is 3. The maximum absolute atomic E-state index is 14.3. The molecular formula is C21H18F4N2O2. The van der Waals surface area contributed by atoms with Gasteiger partial charge in [-0.2, -0.15) is 18.2 Å². The van der Waals surface area contributed by atoms with Gasteiger partial charge in [-0.05, 0) is 55.2 Å². The zero-order chi connectivity index (χ0) is 20.8. The first-order chi connectivity index (χ1) is 13.7. The van der Waals surface area contributed by atoms with E-state index >= 15 is 0 Å². The zero-order valence-corrected chi connectivity index (χ0v) is 15.5. The molecule has 0 bridgehead atoms. The van der Waals surface area contributed by atoms with Gasteiger partial charge in [-0.1, -0.05) is 12.1 Å². The number of aliphatic hydroxyl groups excluding tert-OH is 1. The Bertz CT molecular complexity index is 1060. The Balaban J connectivity index is 1.65. The van der Waals surface area contributed by atoms with Gasteiger partial charge in [0.25, 0.3) is 6.01 Å². The third-order valence-corrected chi connectivity index (χ3v) is 5.04. The summed E-state index contributed by atoms with van der Waals surface area (Å²) in [4.78, 5) is 4.23. The van der Waals surface area contributed by atoms with E-state index in [2.05, 4.69) is 10.3 Å². The monoisotopic (exact) mass is 406 g/mol. The molecule has 152 valence electrons. The molecule has 0 fully saturated rings. The fourth-order valence-electron chi connectivity index (χ4n) is 3.58. The molecule has 4 nitrogen and oxygen atoms in total. The summed E-state index contributed by atoms with van der Waals surface area (Å²) in [5.41, 5.74) is 1.99. The van der Waals surface area contributed by atoms with Crippen LogP contribution in [0.3, 0.4) is 0 Å². The molecule has 1 atom stereocenters. The van der Waals surface area contributed by atoms with Gasteiger partial charge in [0.05, 0.1) is 22.9 Å². The molecule has 2 aromatic carbocycles. The Morgan fingerprint density at radius 2 is 2.00 bits per heavy atom. The lowest BCUT2D eigenvalue weighted by molar-refractivity contribution is -0.137. The number of halogens is 4. The van der Waals surface area contributed by atoms with Gasteiger partial charge in [-0.25, -0.2) is 4.39 Å². The van der Waals surface area contributed by atoms with Crippen molar-refractivity contribution in [2.45, 2.75) is 38.5 Å². The average Bonchev–Trinajstić information content (AvgIpc) is 3.01.